The number of nitriles is 1. The lowest BCUT2D eigenvalue weighted by molar-refractivity contribution is -0.124. The Hall–Kier alpha value is -1.75. The fraction of sp³-hybridized carbons (Fsp3) is 0.450. The number of hydrogen-bond acceptors (Lipinski definition) is 5. The van der Waals surface area contributed by atoms with E-state index in [4.69, 9.17) is 0 Å². The average molecular weight is 447 g/mol. The first-order valence-electron chi connectivity index (χ1n) is 9.06. The largest absolute Gasteiger partial charge is 0.336 e. The van der Waals surface area contributed by atoms with Gasteiger partial charge in [-0.1, -0.05) is 41.9 Å². The van der Waals surface area contributed by atoms with E-state index in [-0.39, 0.29) is 11.9 Å². The van der Waals surface area contributed by atoms with Crippen LogP contribution in [0.4, 0.5) is 0 Å². The van der Waals surface area contributed by atoms with Crippen molar-refractivity contribution in [3.8, 4) is 6.07 Å². The molecule has 0 aliphatic heterocycles. The van der Waals surface area contributed by atoms with E-state index < -0.39 is 11.6 Å². The van der Waals surface area contributed by atoms with Crippen LogP contribution < -0.4 is 10.6 Å². The zero-order valence-corrected chi connectivity index (χ0v) is 17.8. The number of hydrogen-bond donors (Lipinski definition) is 2. The molecule has 2 aromatic rings. The van der Waals surface area contributed by atoms with E-state index in [0.717, 1.165) is 27.9 Å². The van der Waals surface area contributed by atoms with E-state index in [1.165, 1.54) is 0 Å². The van der Waals surface area contributed by atoms with Gasteiger partial charge in [0.25, 0.3) is 0 Å². The van der Waals surface area contributed by atoms with Gasteiger partial charge in [-0.25, -0.2) is 4.98 Å². The molecule has 1 fully saturated rings. The minimum atomic E-state index is -0.664. The first-order valence-corrected chi connectivity index (χ1v) is 10.7. The molecule has 0 unspecified atom stereocenters. The Kier molecular flexibility index (Phi) is 6.30. The van der Waals surface area contributed by atoms with E-state index >= 15 is 0 Å². The summed E-state index contributed by atoms with van der Waals surface area (Å²) in [6.45, 7) is 4.19. The number of thiazole rings is 1. The van der Waals surface area contributed by atoms with Crippen LogP contribution in [0.5, 0.6) is 0 Å². The third-order valence-corrected chi connectivity index (χ3v) is 5.99. The van der Waals surface area contributed by atoms with Gasteiger partial charge in [-0.3, -0.25) is 10.1 Å². The number of nitrogens with one attached hydrogen (secondary N) is 2. The fourth-order valence-electron chi connectivity index (χ4n) is 2.98. The number of carbonyl (C=O) groups is 1. The van der Waals surface area contributed by atoms with E-state index in [9.17, 15) is 10.1 Å². The second-order valence-corrected chi connectivity index (χ2v) is 9.23. The Morgan fingerprint density at radius 3 is 2.59 bits per heavy atom. The third-order valence-electron chi connectivity index (χ3n) is 4.62. The van der Waals surface area contributed by atoms with Crippen LogP contribution in [0.3, 0.4) is 0 Å². The monoisotopic (exact) mass is 446 g/mol. The zero-order chi connectivity index (χ0) is 19.4. The molecular formula is C20H23BrN4OS. The van der Waals surface area contributed by atoms with Gasteiger partial charge in [0.15, 0.2) is 0 Å². The molecule has 1 amide bonds. The quantitative estimate of drug-likeness (QED) is 0.637. The Labute approximate surface area is 172 Å². The zero-order valence-electron chi connectivity index (χ0n) is 15.4. The van der Waals surface area contributed by atoms with Crippen molar-refractivity contribution in [1.82, 2.24) is 15.6 Å². The summed E-state index contributed by atoms with van der Waals surface area (Å²) in [4.78, 5) is 17.4. The predicted octanol–water partition coefficient (Wildman–Crippen LogP) is 4.17. The molecule has 3 rings (SSSR count). The van der Waals surface area contributed by atoms with Gasteiger partial charge in [0.1, 0.15) is 10.5 Å². The summed E-state index contributed by atoms with van der Waals surface area (Å²) in [5, 5.41) is 18.6. The van der Waals surface area contributed by atoms with Gasteiger partial charge in [0.2, 0.25) is 5.91 Å². The van der Waals surface area contributed by atoms with Crippen molar-refractivity contribution in [3.05, 3.63) is 50.9 Å². The summed E-state index contributed by atoms with van der Waals surface area (Å²) >= 11 is 5.03. The highest BCUT2D eigenvalue weighted by Crippen LogP contribution is 2.34. The standard InChI is InChI=1S/C20H23BrN4OS/c1-13(2)11-16(18(26)25-20(12-22)7-8-20)24-17(19-23-9-10-27-19)14-3-5-15(21)6-4-14/h3-6,9-10,13,16-17,24H,7-8,11H2,1-2H3,(H,25,26)/t16-,17-/m0/s1. The van der Waals surface area contributed by atoms with Gasteiger partial charge in [0, 0.05) is 16.0 Å². The smallest absolute Gasteiger partial charge is 0.238 e. The predicted molar refractivity (Wildman–Crippen MR) is 110 cm³/mol. The molecule has 1 aromatic heterocycles. The SMILES string of the molecule is CC(C)C[C@H](N[C@@H](c1ccc(Br)cc1)c1nccs1)C(=O)NC1(C#N)CC1. The van der Waals surface area contributed by atoms with E-state index in [2.05, 4.69) is 51.5 Å². The topological polar surface area (TPSA) is 77.8 Å². The Morgan fingerprint density at radius 1 is 1.37 bits per heavy atom. The van der Waals surface area contributed by atoms with E-state index in [0.29, 0.717) is 12.3 Å². The van der Waals surface area contributed by atoms with Crippen LogP contribution in [-0.2, 0) is 4.79 Å². The number of rotatable bonds is 8. The molecule has 142 valence electrons. The summed E-state index contributed by atoms with van der Waals surface area (Å²) < 4.78 is 1.00. The van der Waals surface area contributed by atoms with Crippen LogP contribution in [0.1, 0.15) is 49.7 Å². The number of nitrogens with zero attached hydrogens (tertiary/aromatic N) is 2. The van der Waals surface area contributed by atoms with Crippen molar-refractivity contribution in [2.24, 2.45) is 5.92 Å². The molecule has 5 nitrogen and oxygen atoms in total. The summed E-state index contributed by atoms with van der Waals surface area (Å²) in [5.41, 5.74) is 0.388. The second-order valence-electron chi connectivity index (χ2n) is 7.39. The Bertz CT molecular complexity index is 810. The molecule has 27 heavy (non-hydrogen) atoms. The number of carbonyl (C=O) groups excluding carboxylic acids is 1. The van der Waals surface area contributed by atoms with Crippen molar-refractivity contribution in [1.29, 1.82) is 5.26 Å². The van der Waals surface area contributed by atoms with Crippen molar-refractivity contribution >= 4 is 33.2 Å². The molecule has 1 saturated carbocycles. The van der Waals surface area contributed by atoms with Gasteiger partial charge in [0.05, 0.1) is 18.2 Å². The van der Waals surface area contributed by atoms with E-state index in [1.807, 2.05) is 29.6 Å². The number of halogens is 1. The van der Waals surface area contributed by atoms with Crippen molar-refractivity contribution < 1.29 is 4.79 Å². The molecule has 0 radical (unpaired) electrons. The highest BCUT2D eigenvalue weighted by molar-refractivity contribution is 9.10. The molecule has 7 heteroatoms. The normalized spacial score (nSPS) is 17.1. The molecule has 1 aromatic carbocycles. The molecule has 0 bridgehead atoms. The minimum absolute atomic E-state index is 0.110. The minimum Gasteiger partial charge on any atom is -0.336 e. The first-order chi connectivity index (χ1) is 12.9. The van der Waals surface area contributed by atoms with Crippen LogP contribution in [0.2, 0.25) is 0 Å². The lowest BCUT2D eigenvalue weighted by atomic mass is 9.99. The van der Waals surface area contributed by atoms with Crippen LogP contribution in [0, 0.1) is 17.2 Å². The summed E-state index contributed by atoms with van der Waals surface area (Å²) in [6, 6.07) is 9.71. The maximum atomic E-state index is 12.9. The highest BCUT2D eigenvalue weighted by atomic mass is 79.9. The van der Waals surface area contributed by atoms with Crippen molar-refractivity contribution in [2.75, 3.05) is 0 Å². The molecule has 0 spiro atoms. The molecule has 1 aliphatic carbocycles. The highest BCUT2D eigenvalue weighted by Gasteiger charge is 2.45. The van der Waals surface area contributed by atoms with Gasteiger partial charge in [-0.15, -0.1) is 11.3 Å². The number of amides is 1. The summed E-state index contributed by atoms with van der Waals surface area (Å²) in [5.74, 6) is 0.230. The average Bonchev–Trinajstić information content (AvgIpc) is 3.20. The van der Waals surface area contributed by atoms with E-state index in [1.54, 1.807) is 17.5 Å². The van der Waals surface area contributed by atoms with Crippen molar-refractivity contribution in [2.45, 2.75) is 50.7 Å². The van der Waals surface area contributed by atoms with Gasteiger partial charge >= 0.3 is 0 Å². The molecule has 1 heterocycles. The summed E-state index contributed by atoms with van der Waals surface area (Å²) in [6.07, 6.45) is 3.92. The lowest BCUT2D eigenvalue weighted by Gasteiger charge is -2.26. The number of benzene rings is 1. The number of aromatic nitrogens is 1. The molecule has 2 N–H and O–H groups in total. The lowest BCUT2D eigenvalue weighted by Crippen LogP contribution is -2.50. The molecular weight excluding hydrogens is 424 g/mol. The molecule has 1 aliphatic rings. The molecule has 2 atom stereocenters. The maximum Gasteiger partial charge on any atom is 0.238 e. The van der Waals surface area contributed by atoms with Crippen molar-refractivity contribution in [3.63, 3.8) is 0 Å². The second kappa shape index (κ2) is 8.51. The van der Waals surface area contributed by atoms with Crippen LogP contribution >= 0.6 is 27.3 Å². The van der Waals surface area contributed by atoms with Gasteiger partial charge in [-0.2, -0.15) is 5.26 Å². The summed E-state index contributed by atoms with van der Waals surface area (Å²) in [7, 11) is 0. The van der Waals surface area contributed by atoms with Crippen LogP contribution in [0.15, 0.2) is 40.3 Å². The Morgan fingerprint density at radius 2 is 2.07 bits per heavy atom. The maximum absolute atomic E-state index is 12.9. The Balaban J connectivity index is 1.84. The fourth-order valence-corrected chi connectivity index (χ4v) is 3.97. The first kappa shape index (κ1) is 20.0. The van der Waals surface area contributed by atoms with Gasteiger partial charge < -0.3 is 5.32 Å². The molecule has 0 saturated heterocycles. The van der Waals surface area contributed by atoms with Crippen LogP contribution in [-0.4, -0.2) is 22.5 Å². The third kappa shape index (κ3) is 5.16. The van der Waals surface area contributed by atoms with Gasteiger partial charge in [-0.05, 0) is 42.9 Å². The van der Waals surface area contributed by atoms with Crippen LogP contribution in [0.25, 0.3) is 0 Å².